The van der Waals surface area contributed by atoms with Gasteiger partial charge < -0.3 is 73.3 Å². The van der Waals surface area contributed by atoms with Crippen molar-refractivity contribution in [3.05, 3.63) is 24.3 Å². The molecule has 0 aromatic heterocycles. The van der Waals surface area contributed by atoms with E-state index in [1.54, 1.807) is 26.4 Å². The van der Waals surface area contributed by atoms with E-state index in [1.807, 2.05) is 19.1 Å². The molecule has 69 heavy (non-hydrogen) atoms. The summed E-state index contributed by atoms with van der Waals surface area (Å²) in [4.78, 5) is 24.9. The Bertz CT molecular complexity index is 1710. The van der Waals surface area contributed by atoms with Gasteiger partial charge in [-0.05, 0) is 95.3 Å². The van der Waals surface area contributed by atoms with Gasteiger partial charge in [-0.15, -0.1) is 0 Å². The number of carboxylic acid groups (broad SMARTS) is 1. The Labute approximate surface area is 408 Å². The largest absolute Gasteiger partial charge is 0.479 e. The quantitative estimate of drug-likeness (QED) is 0.123. The van der Waals surface area contributed by atoms with Crippen LogP contribution in [-0.2, 0) is 52.2 Å². The molecule has 6 N–H and O–H groups in total. The predicted molar refractivity (Wildman–Crippen MR) is 249 cm³/mol. The molecule has 17 heteroatoms. The average Bonchev–Trinajstić information content (AvgIpc) is 3.65. The maximum atomic E-state index is 13.9. The summed E-state index contributed by atoms with van der Waals surface area (Å²) < 4.78 is 59.1. The highest BCUT2D eigenvalue weighted by molar-refractivity contribution is 5.72. The number of aliphatic carboxylic acids is 1. The fourth-order valence-corrected chi connectivity index (χ4v) is 12.2. The zero-order valence-corrected chi connectivity index (χ0v) is 41.6. The van der Waals surface area contributed by atoms with Gasteiger partial charge in [-0.2, -0.15) is 0 Å². The van der Waals surface area contributed by atoms with Crippen LogP contribution in [0.15, 0.2) is 24.3 Å². The highest BCUT2D eigenvalue weighted by atomic mass is 16.8. The molecule has 394 valence electrons. The van der Waals surface area contributed by atoms with Crippen molar-refractivity contribution >= 4 is 11.9 Å². The zero-order valence-electron chi connectivity index (χ0n) is 41.6. The number of hydrogen-bond donors (Lipinski definition) is 6. The number of ether oxygens (including phenoxy) is 9. The Morgan fingerprint density at radius 2 is 1.46 bits per heavy atom. The lowest BCUT2D eigenvalue weighted by Gasteiger charge is -2.53. The van der Waals surface area contributed by atoms with E-state index in [1.165, 1.54) is 0 Å². The molecule has 0 aliphatic carbocycles. The molecule has 7 aliphatic rings. The Morgan fingerprint density at radius 1 is 0.725 bits per heavy atom. The number of rotatable bonds is 9. The van der Waals surface area contributed by atoms with Crippen LogP contribution in [-0.4, -0.2) is 160 Å². The maximum Gasteiger partial charge on any atom is 0.332 e. The van der Waals surface area contributed by atoms with E-state index >= 15 is 0 Å². The molecule has 0 amide bonds. The van der Waals surface area contributed by atoms with E-state index in [4.69, 9.17) is 47.7 Å². The van der Waals surface area contributed by atoms with Crippen LogP contribution in [0.3, 0.4) is 0 Å². The van der Waals surface area contributed by atoms with Gasteiger partial charge in [0.25, 0.3) is 0 Å². The van der Waals surface area contributed by atoms with Crippen molar-refractivity contribution in [3.8, 4) is 0 Å². The van der Waals surface area contributed by atoms with Crippen molar-refractivity contribution in [2.75, 3.05) is 14.2 Å². The third-order valence-electron chi connectivity index (χ3n) is 16.4. The van der Waals surface area contributed by atoms with Gasteiger partial charge in [0.1, 0.15) is 24.4 Å². The fourth-order valence-electron chi connectivity index (χ4n) is 12.2. The third-order valence-corrected chi connectivity index (χ3v) is 16.4. The van der Waals surface area contributed by atoms with Gasteiger partial charge in [0.05, 0.1) is 61.4 Å². The van der Waals surface area contributed by atoms with Crippen molar-refractivity contribution in [2.24, 2.45) is 17.8 Å². The second-order valence-corrected chi connectivity index (χ2v) is 21.7. The predicted octanol–water partition coefficient (Wildman–Crippen LogP) is 5.53. The van der Waals surface area contributed by atoms with Crippen LogP contribution in [0.5, 0.6) is 0 Å². The minimum atomic E-state index is -1.46. The van der Waals surface area contributed by atoms with Crippen molar-refractivity contribution in [1.82, 2.24) is 0 Å². The van der Waals surface area contributed by atoms with E-state index in [0.717, 1.165) is 19.3 Å². The van der Waals surface area contributed by atoms with E-state index in [9.17, 15) is 35.1 Å². The molecule has 20 atom stereocenters. The average molecular weight is 981 g/mol. The van der Waals surface area contributed by atoms with Crippen molar-refractivity contribution in [1.29, 1.82) is 0 Å². The minimum Gasteiger partial charge on any atom is -0.479 e. The number of carbonyl (C=O) groups excluding carboxylic acids is 1. The molecule has 0 saturated carbocycles. The lowest BCUT2D eigenvalue weighted by molar-refractivity contribution is -0.414. The molecule has 0 aromatic carbocycles. The first-order valence-corrected chi connectivity index (χ1v) is 26.2. The number of methoxy groups -OCH3 is 2. The maximum absolute atomic E-state index is 13.9. The summed E-state index contributed by atoms with van der Waals surface area (Å²) in [6.07, 6.45) is 7.71. The monoisotopic (exact) mass is 981 g/mol. The van der Waals surface area contributed by atoms with Gasteiger partial charge in [-0.1, -0.05) is 45.1 Å². The van der Waals surface area contributed by atoms with Crippen LogP contribution in [0.2, 0.25) is 0 Å². The lowest BCUT2D eigenvalue weighted by atomic mass is 9.81. The molecule has 7 fully saturated rings. The molecule has 7 rings (SSSR count). The first kappa shape index (κ1) is 54.7. The molecular formula is C52H84O17. The van der Waals surface area contributed by atoms with Crippen molar-refractivity contribution in [3.63, 3.8) is 0 Å². The molecule has 9 bridgehead atoms. The van der Waals surface area contributed by atoms with Gasteiger partial charge in [0.15, 0.2) is 23.5 Å². The number of fused-ring (bicyclic) bond motifs is 6. The summed E-state index contributed by atoms with van der Waals surface area (Å²) in [5.41, 5.74) is 0. The fraction of sp³-hybridized carbons (Fsp3) is 0.885. The van der Waals surface area contributed by atoms with Crippen LogP contribution in [0.4, 0.5) is 0 Å². The number of esters is 1. The lowest BCUT2D eigenvalue weighted by Crippen LogP contribution is -2.59. The van der Waals surface area contributed by atoms with Crippen LogP contribution in [0.1, 0.15) is 156 Å². The van der Waals surface area contributed by atoms with Gasteiger partial charge in [0.2, 0.25) is 0 Å². The van der Waals surface area contributed by atoms with E-state index in [-0.39, 0.29) is 67.9 Å². The molecule has 7 heterocycles. The van der Waals surface area contributed by atoms with E-state index < -0.39 is 90.3 Å². The highest BCUT2D eigenvalue weighted by Crippen LogP contribution is 2.53. The van der Waals surface area contributed by atoms with Crippen LogP contribution in [0.25, 0.3) is 0 Å². The van der Waals surface area contributed by atoms with Crippen LogP contribution in [0, 0.1) is 17.8 Å². The second kappa shape index (κ2) is 24.3. The molecule has 3 spiro atoms. The summed E-state index contributed by atoms with van der Waals surface area (Å²) in [6.45, 7) is 6.09. The van der Waals surface area contributed by atoms with E-state index in [0.29, 0.717) is 89.9 Å². The number of aliphatic hydroxyl groups excluding tert-OH is 5. The SMILES string of the molecule is COC1CC2CCC(C)C(O)C(O)C3OC4(CCC(C)C(CC(O)CC(O)CC5CCCC(CC(=O)OC6CC7(OC6CC=CCC=CCC(O)C(=O)O)OC(CCC7C)(C1)O2)O5)O4)CCC3OC. The Balaban J connectivity index is 1.12. The highest BCUT2D eigenvalue weighted by Gasteiger charge is 2.60. The smallest absolute Gasteiger partial charge is 0.332 e. The number of hydrogen-bond acceptors (Lipinski definition) is 16. The first-order valence-electron chi connectivity index (χ1n) is 26.2. The molecule has 0 radical (unpaired) electrons. The van der Waals surface area contributed by atoms with Gasteiger partial charge in [-0.3, -0.25) is 4.79 Å². The Morgan fingerprint density at radius 3 is 2.23 bits per heavy atom. The zero-order chi connectivity index (χ0) is 49.5. The van der Waals surface area contributed by atoms with E-state index in [2.05, 4.69) is 13.8 Å². The van der Waals surface area contributed by atoms with Crippen LogP contribution >= 0.6 is 0 Å². The van der Waals surface area contributed by atoms with Crippen LogP contribution < -0.4 is 0 Å². The van der Waals surface area contributed by atoms with Gasteiger partial charge in [0, 0.05) is 65.1 Å². The minimum absolute atomic E-state index is 0.000201. The molecule has 0 aromatic rings. The molecule has 17 nitrogen and oxygen atoms in total. The topological polar surface area (TPSA) is 239 Å². The Kier molecular flexibility index (Phi) is 19.2. The molecule has 7 aliphatic heterocycles. The molecule has 20 unspecified atom stereocenters. The third kappa shape index (κ3) is 13.9. The normalized spacial score (nSPS) is 45.9. The Hall–Kier alpha value is -2.10. The summed E-state index contributed by atoms with van der Waals surface area (Å²) in [7, 11) is 3.28. The first-order chi connectivity index (χ1) is 32.9. The number of carbonyl (C=O) groups is 2. The summed E-state index contributed by atoms with van der Waals surface area (Å²) >= 11 is 0. The molecule has 7 saturated heterocycles. The second-order valence-electron chi connectivity index (χ2n) is 21.7. The summed E-state index contributed by atoms with van der Waals surface area (Å²) in [6, 6.07) is 0. The number of aliphatic hydroxyl groups is 5. The van der Waals surface area contributed by atoms with Gasteiger partial charge >= 0.3 is 11.9 Å². The van der Waals surface area contributed by atoms with Crippen molar-refractivity contribution in [2.45, 2.75) is 258 Å². The standard InChI is InChI=1S/C52H84O17/c1-31-18-21-50-23-20-42(62-5)48(68-50)47(58)46(57)32(2)16-17-38-27-39(61-4)29-51(65-38)22-19-33(3)52(69-51)30-44(41(67-52)15-10-8-6-7-9-14-40(55)49(59)60)64-45(56)28-37-13-11-12-36(63-37)25-34(53)24-35(54)26-43(31)66-50/h7-10,31-44,46-48,53-55,57-58H,6,11-30H2,1-5H3,(H,59,60). The van der Waals surface area contributed by atoms with Crippen molar-refractivity contribution < 1.29 is 82.9 Å². The number of carboxylic acids is 1. The summed E-state index contributed by atoms with van der Waals surface area (Å²) in [5.74, 6) is -5.22. The summed E-state index contributed by atoms with van der Waals surface area (Å²) in [5, 5.41) is 64.9. The number of allylic oxidation sites excluding steroid dienone is 2. The molecular weight excluding hydrogens is 897 g/mol. The van der Waals surface area contributed by atoms with Gasteiger partial charge in [-0.25, -0.2) is 4.79 Å².